The molecule has 0 saturated heterocycles. The Morgan fingerprint density at radius 3 is 2.15 bits per heavy atom. The fraction of sp³-hybridized carbons (Fsp3) is 0.750. The second-order valence-corrected chi connectivity index (χ2v) is 3.80. The van der Waals surface area contributed by atoms with Crippen LogP contribution in [0.1, 0.15) is 27.7 Å². The predicted octanol–water partition coefficient (Wildman–Crippen LogP) is -0.307. The van der Waals surface area contributed by atoms with Crippen LogP contribution in [0, 0.1) is 0 Å². The second kappa shape index (κ2) is 3.74. The summed E-state index contributed by atoms with van der Waals surface area (Å²) in [6, 6.07) is 0. The maximum absolute atomic E-state index is 11.2. The summed E-state index contributed by atoms with van der Waals surface area (Å²) in [5.74, 6) is -0.914. The number of ether oxygens (including phenoxy) is 1. The minimum Gasteiger partial charge on any atom is -0.456 e. The first kappa shape index (κ1) is 11.9. The van der Waals surface area contributed by atoms with Crippen LogP contribution in [0.4, 0.5) is 0 Å². The SMILES string of the molecule is CC(C)(C)OC(=O)C(C)(O)N[C]=O. The van der Waals surface area contributed by atoms with E-state index in [0.717, 1.165) is 6.92 Å². The molecule has 0 aliphatic carbocycles. The standard InChI is InChI=1S/C8H14NO4/c1-7(2,3)13-6(11)8(4,12)9-5-10/h12H,1-4H3,(H,9,10). The molecule has 0 aromatic rings. The van der Waals surface area contributed by atoms with Gasteiger partial charge in [-0.05, 0) is 27.7 Å². The molecule has 0 saturated carbocycles. The number of amides is 1. The molecule has 13 heavy (non-hydrogen) atoms. The van der Waals surface area contributed by atoms with Gasteiger partial charge in [-0.25, -0.2) is 4.79 Å². The van der Waals surface area contributed by atoms with Gasteiger partial charge in [-0.2, -0.15) is 0 Å². The Hall–Kier alpha value is -1.10. The number of carbonyl (C=O) groups is 1. The number of esters is 1. The summed E-state index contributed by atoms with van der Waals surface area (Å²) in [5, 5.41) is 11.1. The monoisotopic (exact) mass is 188 g/mol. The molecule has 0 spiro atoms. The van der Waals surface area contributed by atoms with Crippen molar-refractivity contribution < 1.29 is 19.4 Å². The van der Waals surface area contributed by atoms with Crippen LogP contribution in [-0.4, -0.2) is 28.8 Å². The lowest BCUT2D eigenvalue weighted by molar-refractivity contribution is -0.177. The normalized spacial score (nSPS) is 15.8. The molecule has 1 unspecified atom stereocenters. The Kier molecular flexibility index (Phi) is 3.42. The molecule has 0 rings (SSSR count). The van der Waals surface area contributed by atoms with E-state index in [-0.39, 0.29) is 0 Å². The van der Waals surface area contributed by atoms with E-state index in [0.29, 0.717) is 0 Å². The molecule has 5 heteroatoms. The van der Waals surface area contributed by atoms with Crippen molar-refractivity contribution in [3.8, 4) is 0 Å². The van der Waals surface area contributed by atoms with Gasteiger partial charge in [0.05, 0.1) is 0 Å². The minimum absolute atomic E-state index is 0.703. The van der Waals surface area contributed by atoms with Gasteiger partial charge in [0.2, 0.25) is 5.72 Å². The molecule has 0 aliphatic rings. The van der Waals surface area contributed by atoms with E-state index in [1.54, 1.807) is 20.8 Å². The number of hydrogen-bond acceptors (Lipinski definition) is 4. The Morgan fingerprint density at radius 1 is 1.38 bits per heavy atom. The highest BCUT2D eigenvalue weighted by Gasteiger charge is 2.34. The van der Waals surface area contributed by atoms with Crippen molar-refractivity contribution in [2.45, 2.75) is 39.0 Å². The van der Waals surface area contributed by atoms with Crippen molar-refractivity contribution in [2.24, 2.45) is 0 Å². The maximum Gasteiger partial charge on any atom is 0.359 e. The summed E-state index contributed by atoms with van der Waals surface area (Å²) in [7, 11) is 0. The Morgan fingerprint density at radius 2 is 1.85 bits per heavy atom. The smallest absolute Gasteiger partial charge is 0.359 e. The average molecular weight is 188 g/mol. The van der Waals surface area contributed by atoms with Gasteiger partial charge in [0.25, 0.3) is 0 Å². The van der Waals surface area contributed by atoms with E-state index in [9.17, 15) is 14.7 Å². The zero-order chi connectivity index (χ0) is 10.7. The van der Waals surface area contributed by atoms with Crippen LogP contribution in [-0.2, 0) is 14.3 Å². The minimum atomic E-state index is -2.02. The lowest BCUT2D eigenvalue weighted by atomic mass is 10.2. The summed E-state index contributed by atoms with van der Waals surface area (Å²) in [6.07, 6.45) is 1.22. The van der Waals surface area contributed by atoms with Crippen molar-refractivity contribution in [3.05, 3.63) is 0 Å². The van der Waals surface area contributed by atoms with Crippen molar-refractivity contribution >= 4 is 12.4 Å². The van der Waals surface area contributed by atoms with E-state index in [1.165, 1.54) is 6.41 Å². The molecule has 1 radical (unpaired) electrons. The van der Waals surface area contributed by atoms with E-state index >= 15 is 0 Å². The predicted molar refractivity (Wildman–Crippen MR) is 45.3 cm³/mol. The van der Waals surface area contributed by atoms with Crippen LogP contribution in [0.25, 0.3) is 0 Å². The third-order valence-electron chi connectivity index (χ3n) is 1.09. The first-order chi connectivity index (χ1) is 5.69. The van der Waals surface area contributed by atoms with Crippen LogP contribution < -0.4 is 5.32 Å². The summed E-state index contributed by atoms with van der Waals surface area (Å²) in [5.41, 5.74) is -2.72. The first-order valence-corrected chi connectivity index (χ1v) is 3.79. The van der Waals surface area contributed by atoms with Crippen molar-refractivity contribution in [3.63, 3.8) is 0 Å². The van der Waals surface area contributed by atoms with Crippen LogP contribution in [0.2, 0.25) is 0 Å². The van der Waals surface area contributed by atoms with E-state index < -0.39 is 17.3 Å². The van der Waals surface area contributed by atoms with Gasteiger partial charge in [-0.3, -0.25) is 4.79 Å². The highest BCUT2D eigenvalue weighted by Crippen LogP contribution is 2.11. The number of hydrogen-bond donors (Lipinski definition) is 2. The van der Waals surface area contributed by atoms with Gasteiger partial charge in [0.1, 0.15) is 5.60 Å². The number of nitrogens with one attached hydrogen (secondary N) is 1. The summed E-state index contributed by atoms with van der Waals surface area (Å²) >= 11 is 0. The van der Waals surface area contributed by atoms with Crippen LogP contribution in [0.3, 0.4) is 0 Å². The Bertz CT molecular complexity index is 205. The molecule has 75 valence electrons. The third kappa shape index (κ3) is 4.47. The molecule has 0 bridgehead atoms. The maximum atomic E-state index is 11.2. The van der Waals surface area contributed by atoms with Gasteiger partial charge in [0.15, 0.2) is 0 Å². The molecular formula is C8H14NO4. The molecular weight excluding hydrogens is 174 g/mol. The Balaban J connectivity index is 4.33. The largest absolute Gasteiger partial charge is 0.456 e. The van der Waals surface area contributed by atoms with Gasteiger partial charge >= 0.3 is 12.4 Å². The molecule has 1 amide bonds. The van der Waals surface area contributed by atoms with E-state index in [1.807, 2.05) is 5.32 Å². The van der Waals surface area contributed by atoms with Crippen molar-refractivity contribution in [1.82, 2.24) is 5.32 Å². The summed E-state index contributed by atoms with van der Waals surface area (Å²) < 4.78 is 4.82. The fourth-order valence-corrected chi connectivity index (χ4v) is 0.528. The molecule has 1 atom stereocenters. The van der Waals surface area contributed by atoms with Gasteiger partial charge in [-0.15, -0.1) is 0 Å². The third-order valence-corrected chi connectivity index (χ3v) is 1.09. The van der Waals surface area contributed by atoms with Gasteiger partial charge in [-0.1, -0.05) is 0 Å². The molecule has 0 aromatic carbocycles. The van der Waals surface area contributed by atoms with Crippen LogP contribution in [0.5, 0.6) is 0 Å². The Labute approximate surface area is 77.1 Å². The molecule has 0 aliphatic heterocycles. The number of rotatable bonds is 3. The average Bonchev–Trinajstić information content (AvgIpc) is 1.82. The highest BCUT2D eigenvalue weighted by molar-refractivity contribution is 5.80. The molecule has 5 nitrogen and oxygen atoms in total. The van der Waals surface area contributed by atoms with Gasteiger partial charge < -0.3 is 15.2 Å². The van der Waals surface area contributed by atoms with E-state index in [2.05, 4.69) is 0 Å². The lowest BCUT2D eigenvalue weighted by Gasteiger charge is -2.26. The molecule has 0 aromatic heterocycles. The lowest BCUT2D eigenvalue weighted by Crippen LogP contribution is -2.51. The zero-order valence-electron chi connectivity index (χ0n) is 8.17. The number of carbonyl (C=O) groups excluding carboxylic acids is 2. The quantitative estimate of drug-likeness (QED) is 0.362. The first-order valence-electron chi connectivity index (χ1n) is 3.79. The fourth-order valence-electron chi connectivity index (χ4n) is 0.528. The molecule has 0 heterocycles. The van der Waals surface area contributed by atoms with Crippen molar-refractivity contribution in [1.29, 1.82) is 0 Å². The second-order valence-electron chi connectivity index (χ2n) is 3.80. The summed E-state index contributed by atoms with van der Waals surface area (Å²) in [6.45, 7) is 6.09. The molecule has 0 fully saturated rings. The number of aliphatic hydroxyl groups is 1. The van der Waals surface area contributed by atoms with Crippen LogP contribution in [0.15, 0.2) is 0 Å². The zero-order valence-corrected chi connectivity index (χ0v) is 8.17. The topological polar surface area (TPSA) is 75.6 Å². The van der Waals surface area contributed by atoms with E-state index in [4.69, 9.17) is 4.74 Å². The van der Waals surface area contributed by atoms with Crippen molar-refractivity contribution in [2.75, 3.05) is 0 Å². The van der Waals surface area contributed by atoms with Crippen LogP contribution >= 0.6 is 0 Å². The highest BCUT2D eigenvalue weighted by atomic mass is 16.6. The molecule has 2 N–H and O–H groups in total. The summed E-state index contributed by atoms with van der Waals surface area (Å²) in [4.78, 5) is 21.0. The van der Waals surface area contributed by atoms with Gasteiger partial charge in [0, 0.05) is 0 Å².